The van der Waals surface area contributed by atoms with E-state index < -0.39 is 41.8 Å². The molecule has 3 aromatic heterocycles. The minimum Gasteiger partial charge on any atom is -0.368 e. The van der Waals surface area contributed by atoms with E-state index >= 15 is 0 Å². The third kappa shape index (κ3) is 5.38. The molecule has 4 heterocycles. The van der Waals surface area contributed by atoms with Gasteiger partial charge in [-0.25, -0.2) is 19.9 Å². The van der Waals surface area contributed by atoms with E-state index in [1.807, 2.05) is 0 Å². The van der Waals surface area contributed by atoms with Crippen LogP contribution in [0.4, 0.5) is 19.0 Å². The third-order valence-corrected chi connectivity index (χ3v) is 6.04. The zero-order valence-corrected chi connectivity index (χ0v) is 20.1. The highest BCUT2D eigenvalue weighted by Crippen LogP contribution is 2.33. The number of anilines is 1. The summed E-state index contributed by atoms with van der Waals surface area (Å²) >= 11 is 0. The van der Waals surface area contributed by atoms with Gasteiger partial charge < -0.3 is 20.3 Å². The number of amides is 1. The number of hydrogen-bond donors (Lipinski definition) is 3. The highest BCUT2D eigenvalue weighted by Gasteiger charge is 2.53. The van der Waals surface area contributed by atoms with Crippen molar-refractivity contribution in [3.63, 3.8) is 0 Å². The van der Waals surface area contributed by atoms with Crippen LogP contribution in [0, 0.1) is 6.92 Å². The summed E-state index contributed by atoms with van der Waals surface area (Å²) in [7, 11) is 0. The van der Waals surface area contributed by atoms with Crippen LogP contribution in [-0.2, 0) is 10.9 Å². The average Bonchev–Trinajstić information content (AvgIpc) is 2.85. The summed E-state index contributed by atoms with van der Waals surface area (Å²) in [5, 5.41) is 24.8. The first-order valence-electron chi connectivity index (χ1n) is 11.4. The molecule has 0 bridgehead atoms. The summed E-state index contributed by atoms with van der Waals surface area (Å²) in [6, 6.07) is 5.94. The number of halogens is 3. The molecule has 13 heteroatoms. The van der Waals surface area contributed by atoms with Crippen molar-refractivity contribution >= 4 is 11.7 Å². The van der Waals surface area contributed by atoms with Crippen molar-refractivity contribution in [1.29, 1.82) is 0 Å². The zero-order valence-electron chi connectivity index (χ0n) is 20.1. The Labute approximate surface area is 210 Å². The van der Waals surface area contributed by atoms with Crippen LogP contribution in [0.5, 0.6) is 0 Å². The van der Waals surface area contributed by atoms with Gasteiger partial charge in [-0.1, -0.05) is 0 Å². The SMILES string of the molecule is Cc1ccc(-c2ncccn2)c(C(=O)N2C(CNc3ccc(C(F)(F)F)cn3)C(C)OC(C)C2(O)O)n1. The summed E-state index contributed by atoms with van der Waals surface area (Å²) < 4.78 is 44.3. The van der Waals surface area contributed by atoms with E-state index in [0.717, 1.165) is 17.0 Å². The summed E-state index contributed by atoms with van der Waals surface area (Å²) in [6.45, 7) is 4.60. The maximum absolute atomic E-state index is 13.9. The predicted octanol–water partition coefficient (Wildman–Crippen LogP) is 2.63. The molecule has 196 valence electrons. The largest absolute Gasteiger partial charge is 0.417 e. The molecule has 4 rings (SSSR count). The molecular formula is C24H25F3N6O4. The maximum Gasteiger partial charge on any atom is 0.417 e. The Morgan fingerprint density at radius 3 is 2.46 bits per heavy atom. The maximum atomic E-state index is 13.9. The number of hydrogen-bond acceptors (Lipinski definition) is 9. The van der Waals surface area contributed by atoms with Crippen LogP contribution < -0.4 is 5.32 Å². The number of nitrogens with one attached hydrogen (secondary N) is 1. The van der Waals surface area contributed by atoms with Crippen molar-refractivity contribution in [1.82, 2.24) is 24.8 Å². The van der Waals surface area contributed by atoms with Crippen molar-refractivity contribution in [2.45, 2.75) is 51.1 Å². The number of nitrogens with zero attached hydrogens (tertiary/aromatic N) is 5. The fraction of sp³-hybridized carbons (Fsp3) is 0.375. The Hall–Kier alpha value is -3.68. The lowest BCUT2D eigenvalue weighted by molar-refractivity contribution is -0.347. The molecule has 0 saturated carbocycles. The zero-order chi connectivity index (χ0) is 27.0. The third-order valence-electron chi connectivity index (χ3n) is 6.04. The van der Waals surface area contributed by atoms with Gasteiger partial charge in [0.1, 0.15) is 17.6 Å². The highest BCUT2D eigenvalue weighted by molar-refractivity contribution is 5.98. The fourth-order valence-electron chi connectivity index (χ4n) is 4.04. The second kappa shape index (κ2) is 10.00. The molecule has 3 unspecified atom stereocenters. The van der Waals surface area contributed by atoms with Gasteiger partial charge in [0.25, 0.3) is 11.8 Å². The molecule has 1 saturated heterocycles. The molecule has 10 nitrogen and oxygen atoms in total. The van der Waals surface area contributed by atoms with Gasteiger partial charge in [0.2, 0.25) is 0 Å². The van der Waals surface area contributed by atoms with Crippen LogP contribution in [-0.4, -0.2) is 71.7 Å². The van der Waals surface area contributed by atoms with Gasteiger partial charge in [-0.2, -0.15) is 13.2 Å². The number of pyridine rings is 2. The quantitative estimate of drug-likeness (QED) is 0.436. The molecule has 1 fully saturated rings. The van der Waals surface area contributed by atoms with Crippen LogP contribution >= 0.6 is 0 Å². The lowest BCUT2D eigenvalue weighted by Gasteiger charge is -2.50. The van der Waals surface area contributed by atoms with Gasteiger partial charge in [-0.15, -0.1) is 0 Å². The lowest BCUT2D eigenvalue weighted by atomic mass is 10.0. The Kier molecular flexibility index (Phi) is 7.13. The highest BCUT2D eigenvalue weighted by atomic mass is 19.4. The van der Waals surface area contributed by atoms with Gasteiger partial charge in [0, 0.05) is 30.8 Å². The molecule has 1 aliphatic heterocycles. The van der Waals surface area contributed by atoms with Crippen LogP contribution in [0.2, 0.25) is 0 Å². The number of aliphatic hydroxyl groups is 2. The fourth-order valence-corrected chi connectivity index (χ4v) is 4.04. The number of ether oxygens (including phenoxy) is 1. The standard InChI is InChI=1S/C24H25F3N6O4/c1-13-5-7-17(21-28-9-4-10-29-21)20(32-13)22(34)33-18(14(2)37-15(3)24(33,35)36)12-31-19-8-6-16(11-30-19)23(25,26)27/h4-11,14-15,18,35-36H,12H2,1-3H3,(H,30,31). The number of rotatable bonds is 5. The molecule has 1 amide bonds. The molecule has 1 aliphatic rings. The average molecular weight is 518 g/mol. The van der Waals surface area contributed by atoms with E-state index in [9.17, 15) is 28.2 Å². The molecule has 0 aromatic carbocycles. The van der Waals surface area contributed by atoms with E-state index in [4.69, 9.17) is 4.74 Å². The summed E-state index contributed by atoms with van der Waals surface area (Å²) in [5.41, 5.74) is -0.223. The topological polar surface area (TPSA) is 134 Å². The van der Waals surface area contributed by atoms with Crippen molar-refractivity contribution in [3.05, 3.63) is 65.9 Å². The normalized spacial score (nSPS) is 21.5. The summed E-state index contributed by atoms with van der Waals surface area (Å²) in [6.07, 6.45) is -2.74. The molecule has 3 N–H and O–H groups in total. The number of morpholine rings is 1. The molecule has 37 heavy (non-hydrogen) atoms. The molecule has 0 spiro atoms. The minimum absolute atomic E-state index is 0.0970. The van der Waals surface area contributed by atoms with E-state index in [1.54, 1.807) is 32.0 Å². The Morgan fingerprint density at radius 1 is 1.14 bits per heavy atom. The van der Waals surface area contributed by atoms with Gasteiger partial charge in [0.05, 0.1) is 23.3 Å². The minimum atomic E-state index is -4.54. The van der Waals surface area contributed by atoms with E-state index in [1.165, 1.54) is 19.3 Å². The van der Waals surface area contributed by atoms with Gasteiger partial charge in [-0.3, -0.25) is 9.69 Å². The molecule has 0 aliphatic carbocycles. The smallest absolute Gasteiger partial charge is 0.368 e. The first-order chi connectivity index (χ1) is 17.4. The Bertz CT molecular complexity index is 1260. The molecular weight excluding hydrogens is 493 g/mol. The first-order valence-corrected chi connectivity index (χ1v) is 11.4. The van der Waals surface area contributed by atoms with Crippen molar-refractivity contribution < 1.29 is 32.9 Å². The second-order valence-corrected chi connectivity index (χ2v) is 8.65. The van der Waals surface area contributed by atoms with Crippen LogP contribution in [0.1, 0.15) is 35.6 Å². The number of aryl methyl sites for hydroxylation is 1. The summed E-state index contributed by atoms with van der Waals surface area (Å²) in [4.78, 5) is 31.2. The van der Waals surface area contributed by atoms with Gasteiger partial charge in [0.15, 0.2) is 5.82 Å². The van der Waals surface area contributed by atoms with Crippen molar-refractivity contribution in [2.75, 3.05) is 11.9 Å². The van der Waals surface area contributed by atoms with Gasteiger partial charge >= 0.3 is 6.18 Å². The van der Waals surface area contributed by atoms with Crippen LogP contribution in [0.3, 0.4) is 0 Å². The molecule has 3 atom stereocenters. The second-order valence-electron chi connectivity index (χ2n) is 8.65. The van der Waals surface area contributed by atoms with Crippen LogP contribution in [0.25, 0.3) is 11.4 Å². The number of carbonyl (C=O) groups excluding carboxylic acids is 1. The number of carbonyl (C=O) groups is 1. The van der Waals surface area contributed by atoms with E-state index in [-0.39, 0.29) is 29.4 Å². The summed E-state index contributed by atoms with van der Waals surface area (Å²) in [5.74, 6) is -3.23. The van der Waals surface area contributed by atoms with E-state index in [2.05, 4.69) is 25.3 Å². The van der Waals surface area contributed by atoms with E-state index in [0.29, 0.717) is 11.9 Å². The van der Waals surface area contributed by atoms with Gasteiger partial charge in [-0.05, 0) is 51.1 Å². The molecule has 3 aromatic rings. The lowest BCUT2D eigenvalue weighted by Crippen LogP contribution is -2.70. The van der Waals surface area contributed by atoms with Crippen molar-refractivity contribution in [3.8, 4) is 11.4 Å². The molecule has 0 radical (unpaired) electrons. The van der Waals surface area contributed by atoms with Crippen molar-refractivity contribution in [2.24, 2.45) is 0 Å². The number of alkyl halides is 3. The number of aromatic nitrogens is 4. The Balaban J connectivity index is 1.68. The predicted molar refractivity (Wildman–Crippen MR) is 125 cm³/mol. The van der Waals surface area contributed by atoms with Crippen LogP contribution in [0.15, 0.2) is 48.9 Å². The Morgan fingerprint density at radius 2 is 1.84 bits per heavy atom. The first kappa shape index (κ1) is 26.4. The monoisotopic (exact) mass is 518 g/mol.